The van der Waals surface area contributed by atoms with Crippen molar-refractivity contribution >= 4 is 22.6 Å². The summed E-state index contributed by atoms with van der Waals surface area (Å²) in [4.78, 5) is 26.1. The highest BCUT2D eigenvalue weighted by atomic mass is 16.4. The lowest BCUT2D eigenvalue weighted by Crippen LogP contribution is -2.21. The fourth-order valence-electron chi connectivity index (χ4n) is 4.71. The molecule has 0 aliphatic heterocycles. The Balaban J connectivity index is 1.62. The van der Waals surface area contributed by atoms with Gasteiger partial charge in [0.1, 0.15) is 5.58 Å². The topological polar surface area (TPSA) is 59.3 Å². The molecule has 0 bridgehead atoms. The van der Waals surface area contributed by atoms with E-state index in [0.717, 1.165) is 53.4 Å². The number of nitrogens with one attached hydrogen (secondary N) is 1. The molecule has 1 N–H and O–H groups in total. The Hall–Kier alpha value is -3.66. The van der Waals surface area contributed by atoms with Crippen molar-refractivity contribution in [3.8, 4) is 11.1 Å². The van der Waals surface area contributed by atoms with Gasteiger partial charge in [-0.15, -0.1) is 0 Å². The van der Waals surface area contributed by atoms with Crippen LogP contribution in [0.5, 0.6) is 0 Å². The highest BCUT2D eigenvalue weighted by Gasteiger charge is 2.22. The number of amides is 1. The largest absolute Gasteiger partial charge is 0.422 e. The minimum Gasteiger partial charge on any atom is -0.422 e. The summed E-state index contributed by atoms with van der Waals surface area (Å²) in [5.41, 5.74) is 6.65. The molecular formula is C28H25NO3. The van der Waals surface area contributed by atoms with Crippen LogP contribution in [0, 0.1) is 0 Å². The van der Waals surface area contributed by atoms with Gasteiger partial charge in [-0.2, -0.15) is 0 Å². The van der Waals surface area contributed by atoms with Crippen molar-refractivity contribution in [2.75, 3.05) is 5.32 Å². The first kappa shape index (κ1) is 20.3. The third-order valence-corrected chi connectivity index (χ3v) is 6.29. The molecule has 1 aliphatic rings. The van der Waals surface area contributed by atoms with E-state index >= 15 is 0 Å². The summed E-state index contributed by atoms with van der Waals surface area (Å²) < 4.78 is 5.74. The summed E-state index contributed by atoms with van der Waals surface area (Å²) in [6, 6.07) is 21.7. The number of carbonyl (C=O) groups is 1. The second-order valence-corrected chi connectivity index (χ2v) is 8.32. The van der Waals surface area contributed by atoms with Crippen LogP contribution in [0.3, 0.4) is 0 Å². The number of aryl methyl sites for hydroxylation is 3. The molecule has 4 heteroatoms. The van der Waals surface area contributed by atoms with E-state index in [2.05, 4.69) is 18.3 Å². The molecule has 5 rings (SSSR count). The Morgan fingerprint density at radius 3 is 2.47 bits per heavy atom. The predicted octanol–water partition coefficient (Wildman–Crippen LogP) is 5.69. The SMILES string of the molecule is CCc1ccccc1NC(=O)Cc1c(-c2ccccc2)c2cc3c(cc2oc1=O)CCC3. The maximum absolute atomic E-state index is 13.1. The fraction of sp³-hybridized carbons (Fsp3) is 0.214. The molecule has 0 atom stereocenters. The monoisotopic (exact) mass is 423 g/mol. The van der Waals surface area contributed by atoms with Gasteiger partial charge < -0.3 is 9.73 Å². The van der Waals surface area contributed by atoms with Crippen molar-refractivity contribution in [3.05, 3.63) is 99.4 Å². The molecule has 0 fully saturated rings. The molecule has 32 heavy (non-hydrogen) atoms. The highest BCUT2D eigenvalue weighted by Crippen LogP contribution is 2.35. The lowest BCUT2D eigenvalue weighted by molar-refractivity contribution is -0.115. The third-order valence-electron chi connectivity index (χ3n) is 6.29. The van der Waals surface area contributed by atoms with Gasteiger partial charge in [0.15, 0.2) is 0 Å². The summed E-state index contributed by atoms with van der Waals surface area (Å²) in [6.45, 7) is 2.05. The van der Waals surface area contributed by atoms with Gasteiger partial charge in [0.05, 0.1) is 12.0 Å². The van der Waals surface area contributed by atoms with Gasteiger partial charge >= 0.3 is 5.63 Å². The maximum Gasteiger partial charge on any atom is 0.340 e. The summed E-state index contributed by atoms with van der Waals surface area (Å²) in [5.74, 6) is -0.226. The van der Waals surface area contributed by atoms with Crippen LogP contribution >= 0.6 is 0 Å². The molecule has 160 valence electrons. The van der Waals surface area contributed by atoms with Crippen LogP contribution in [0.25, 0.3) is 22.1 Å². The van der Waals surface area contributed by atoms with Gasteiger partial charge in [-0.05, 0) is 66.1 Å². The average molecular weight is 424 g/mol. The lowest BCUT2D eigenvalue weighted by Gasteiger charge is -2.14. The van der Waals surface area contributed by atoms with Crippen molar-refractivity contribution in [1.29, 1.82) is 0 Å². The number of para-hydroxylation sites is 1. The number of anilines is 1. The molecule has 0 spiro atoms. The van der Waals surface area contributed by atoms with E-state index in [9.17, 15) is 9.59 Å². The van der Waals surface area contributed by atoms with E-state index in [-0.39, 0.29) is 12.3 Å². The first-order valence-corrected chi connectivity index (χ1v) is 11.2. The molecule has 0 saturated carbocycles. The molecule has 0 saturated heterocycles. The summed E-state index contributed by atoms with van der Waals surface area (Å²) in [6.07, 6.45) is 3.92. The zero-order valence-corrected chi connectivity index (χ0v) is 18.1. The van der Waals surface area contributed by atoms with Gasteiger partial charge in [0.2, 0.25) is 5.91 Å². The van der Waals surface area contributed by atoms with E-state index in [1.165, 1.54) is 11.1 Å². The van der Waals surface area contributed by atoms with Crippen molar-refractivity contribution in [3.63, 3.8) is 0 Å². The lowest BCUT2D eigenvalue weighted by atomic mass is 9.93. The number of carbonyl (C=O) groups excluding carboxylic acids is 1. The molecule has 4 nitrogen and oxygen atoms in total. The van der Waals surface area contributed by atoms with E-state index < -0.39 is 5.63 Å². The second-order valence-electron chi connectivity index (χ2n) is 8.32. The van der Waals surface area contributed by atoms with Crippen molar-refractivity contribution in [2.45, 2.75) is 39.0 Å². The van der Waals surface area contributed by atoms with E-state index in [1.807, 2.05) is 60.7 Å². The summed E-state index contributed by atoms with van der Waals surface area (Å²) in [7, 11) is 0. The van der Waals surface area contributed by atoms with Crippen LogP contribution in [0.2, 0.25) is 0 Å². The van der Waals surface area contributed by atoms with E-state index in [0.29, 0.717) is 11.1 Å². The first-order valence-electron chi connectivity index (χ1n) is 11.2. The average Bonchev–Trinajstić information content (AvgIpc) is 3.26. The van der Waals surface area contributed by atoms with Crippen molar-refractivity contribution in [2.24, 2.45) is 0 Å². The molecule has 1 aromatic heterocycles. The van der Waals surface area contributed by atoms with Gasteiger partial charge in [0.25, 0.3) is 0 Å². The zero-order valence-electron chi connectivity index (χ0n) is 18.1. The van der Waals surface area contributed by atoms with Crippen LogP contribution in [-0.2, 0) is 30.5 Å². The highest BCUT2D eigenvalue weighted by molar-refractivity contribution is 5.99. The Morgan fingerprint density at radius 2 is 1.69 bits per heavy atom. The molecule has 1 aliphatic carbocycles. The quantitative estimate of drug-likeness (QED) is 0.419. The number of benzene rings is 3. The zero-order chi connectivity index (χ0) is 22.1. The van der Waals surface area contributed by atoms with Crippen LogP contribution in [0.15, 0.2) is 75.9 Å². The summed E-state index contributed by atoms with van der Waals surface area (Å²) >= 11 is 0. The normalized spacial score (nSPS) is 12.7. The molecule has 1 amide bonds. The maximum atomic E-state index is 13.1. The second kappa shape index (κ2) is 8.46. The van der Waals surface area contributed by atoms with Crippen molar-refractivity contribution < 1.29 is 9.21 Å². The Bertz CT molecular complexity index is 1370. The Morgan fingerprint density at radius 1 is 0.969 bits per heavy atom. The Kier molecular flexibility index (Phi) is 5.36. The number of fused-ring (bicyclic) bond motifs is 2. The van der Waals surface area contributed by atoms with Crippen LogP contribution < -0.4 is 10.9 Å². The number of rotatable bonds is 5. The molecule has 0 unspecified atom stereocenters. The van der Waals surface area contributed by atoms with Gasteiger partial charge in [-0.1, -0.05) is 55.5 Å². The molecule has 0 radical (unpaired) electrons. The molecule has 4 aromatic rings. The van der Waals surface area contributed by atoms with Crippen molar-refractivity contribution in [1.82, 2.24) is 0 Å². The molecule has 1 heterocycles. The molecular weight excluding hydrogens is 398 g/mol. The first-order chi connectivity index (χ1) is 15.6. The standard InChI is InChI=1S/C28H25NO3/c1-2-18-9-6-7-14-24(18)29-26(30)17-23-27(19-10-4-3-5-11-19)22-15-20-12-8-13-21(20)16-25(22)32-28(23)31/h3-7,9-11,14-16H,2,8,12-13,17H2,1H3,(H,29,30). The minimum absolute atomic E-state index is 0.0440. The van der Waals surface area contributed by atoms with Crippen LogP contribution in [0.4, 0.5) is 5.69 Å². The van der Waals surface area contributed by atoms with Crippen LogP contribution in [-0.4, -0.2) is 5.91 Å². The van der Waals surface area contributed by atoms with E-state index in [4.69, 9.17) is 4.42 Å². The minimum atomic E-state index is -0.451. The number of hydrogen-bond acceptors (Lipinski definition) is 3. The predicted molar refractivity (Wildman–Crippen MR) is 128 cm³/mol. The molecule has 3 aromatic carbocycles. The fourth-order valence-corrected chi connectivity index (χ4v) is 4.71. The van der Waals surface area contributed by atoms with Gasteiger partial charge in [-0.25, -0.2) is 4.79 Å². The Labute approximate surface area is 186 Å². The summed E-state index contributed by atoms with van der Waals surface area (Å²) in [5, 5.41) is 3.88. The third kappa shape index (κ3) is 3.73. The van der Waals surface area contributed by atoms with E-state index in [1.54, 1.807) is 0 Å². The van der Waals surface area contributed by atoms with Crippen LogP contribution in [0.1, 0.15) is 35.6 Å². The smallest absolute Gasteiger partial charge is 0.340 e. The van der Waals surface area contributed by atoms with Gasteiger partial charge in [0, 0.05) is 16.6 Å². The van der Waals surface area contributed by atoms with Gasteiger partial charge in [-0.3, -0.25) is 4.79 Å². The number of hydrogen-bond donors (Lipinski definition) is 1.